The molecule has 0 fully saturated rings. The Balaban J connectivity index is 0. The van der Waals surface area contributed by atoms with E-state index in [9.17, 15) is 19.2 Å². The van der Waals surface area contributed by atoms with Gasteiger partial charge in [-0.05, 0) is 12.1 Å². The number of aliphatic hydroxyl groups is 6. The molecule has 1 heterocycles. The second kappa shape index (κ2) is 15.0. The molecule has 5 atom stereocenters. The largest absolute Gasteiger partial charge is 0.479 e. The number of aliphatic hydroxyl groups excluding tert-OH is 6. The van der Waals surface area contributed by atoms with Crippen molar-refractivity contribution in [3.63, 3.8) is 0 Å². The van der Waals surface area contributed by atoms with E-state index in [0.717, 1.165) is 0 Å². The van der Waals surface area contributed by atoms with Crippen molar-refractivity contribution in [2.24, 2.45) is 5.73 Å². The number of aliphatic carboxylic acids is 2. The van der Waals surface area contributed by atoms with E-state index in [1.807, 2.05) is 0 Å². The zero-order chi connectivity index (χ0) is 23.1. The second-order valence-corrected chi connectivity index (χ2v) is 5.04. The van der Waals surface area contributed by atoms with Gasteiger partial charge in [-0.2, -0.15) is 0 Å². The summed E-state index contributed by atoms with van der Waals surface area (Å²) in [6.07, 6.45) is -6.14. The van der Waals surface area contributed by atoms with Gasteiger partial charge in [0.1, 0.15) is 18.3 Å². The average molecular weight is 422 g/mol. The lowest BCUT2D eigenvalue weighted by molar-refractivity contribution is -0.165. The highest BCUT2D eigenvalue weighted by molar-refractivity contribution is 5.92. The molecule has 0 aromatic carbocycles. The van der Waals surface area contributed by atoms with Crippen LogP contribution in [0.3, 0.4) is 0 Å². The number of hydrogen-bond acceptors (Lipinski definition) is 11. The van der Waals surface area contributed by atoms with Crippen LogP contribution in [0.25, 0.3) is 0 Å². The van der Waals surface area contributed by atoms with Crippen LogP contribution in [0, 0.1) is 0 Å². The van der Waals surface area contributed by atoms with Crippen molar-refractivity contribution in [3.8, 4) is 0 Å². The second-order valence-electron chi connectivity index (χ2n) is 5.04. The summed E-state index contributed by atoms with van der Waals surface area (Å²) < 4.78 is 0. The molecule has 1 rings (SSSR count). The van der Waals surface area contributed by atoms with E-state index in [0.29, 0.717) is 5.56 Å². The normalized spacial score (nSPS) is 15.0. The predicted molar refractivity (Wildman–Crippen MR) is 91.2 cm³/mol. The quantitative estimate of drug-likeness (QED) is 0.178. The molecule has 29 heavy (non-hydrogen) atoms. The lowest BCUT2D eigenvalue weighted by Crippen LogP contribution is -2.40. The molecular formula is C15H22N2O12. The number of primary amides is 1. The van der Waals surface area contributed by atoms with Gasteiger partial charge in [-0.15, -0.1) is 0 Å². The van der Waals surface area contributed by atoms with Gasteiger partial charge < -0.3 is 51.4 Å². The molecule has 0 spiro atoms. The van der Waals surface area contributed by atoms with Crippen molar-refractivity contribution >= 4 is 24.1 Å². The Labute approximate surface area is 163 Å². The van der Waals surface area contributed by atoms with Crippen molar-refractivity contribution in [3.05, 3.63) is 30.1 Å². The third-order valence-corrected chi connectivity index (χ3v) is 2.82. The van der Waals surface area contributed by atoms with Gasteiger partial charge >= 0.3 is 11.9 Å². The molecule has 164 valence electrons. The zero-order valence-corrected chi connectivity index (χ0v) is 14.7. The SMILES string of the molecule is NC(=O)c1cccnc1.O=C(O)C(O)C(O)C(=O)O.O=CC(O)C(O)C(O)CO. The van der Waals surface area contributed by atoms with E-state index in [-0.39, 0.29) is 6.29 Å². The highest BCUT2D eigenvalue weighted by Crippen LogP contribution is 1.96. The first-order valence-corrected chi connectivity index (χ1v) is 7.52. The number of aromatic nitrogens is 1. The van der Waals surface area contributed by atoms with Crippen molar-refractivity contribution in [1.29, 1.82) is 0 Å². The number of carbonyl (C=O) groups is 4. The van der Waals surface area contributed by atoms with Gasteiger partial charge in [-0.1, -0.05) is 0 Å². The van der Waals surface area contributed by atoms with E-state index in [2.05, 4.69) is 4.98 Å². The Morgan fingerprint density at radius 3 is 1.76 bits per heavy atom. The summed E-state index contributed by atoms with van der Waals surface area (Å²) in [5, 5.41) is 66.6. The first-order chi connectivity index (χ1) is 13.4. The number of hydrogen-bond donors (Lipinski definition) is 9. The summed E-state index contributed by atoms with van der Waals surface area (Å²) in [5.41, 5.74) is 5.38. The van der Waals surface area contributed by atoms with Gasteiger partial charge in [0.15, 0.2) is 18.5 Å². The number of carboxylic acids is 2. The molecule has 14 heteroatoms. The van der Waals surface area contributed by atoms with Gasteiger partial charge in [-0.3, -0.25) is 9.78 Å². The molecule has 10 N–H and O–H groups in total. The minimum Gasteiger partial charge on any atom is -0.479 e. The van der Waals surface area contributed by atoms with Crippen LogP contribution in [0.2, 0.25) is 0 Å². The molecule has 14 nitrogen and oxygen atoms in total. The molecular weight excluding hydrogens is 400 g/mol. The van der Waals surface area contributed by atoms with Gasteiger partial charge in [0.05, 0.1) is 12.2 Å². The van der Waals surface area contributed by atoms with Gasteiger partial charge in [0, 0.05) is 12.4 Å². The molecule has 1 amide bonds. The van der Waals surface area contributed by atoms with E-state index >= 15 is 0 Å². The van der Waals surface area contributed by atoms with Gasteiger partial charge in [-0.25, -0.2) is 9.59 Å². The number of carbonyl (C=O) groups excluding carboxylic acids is 2. The Hall–Kier alpha value is -3.01. The average Bonchev–Trinajstić information content (AvgIpc) is 2.72. The summed E-state index contributed by atoms with van der Waals surface area (Å²) in [6, 6.07) is 3.29. The lowest BCUT2D eigenvalue weighted by atomic mass is 10.1. The maximum atomic E-state index is 10.4. The van der Waals surface area contributed by atoms with Crippen LogP contribution in [-0.2, 0) is 14.4 Å². The van der Waals surface area contributed by atoms with Crippen molar-refractivity contribution in [1.82, 2.24) is 4.98 Å². The summed E-state index contributed by atoms with van der Waals surface area (Å²) in [5.74, 6) is -3.98. The lowest BCUT2D eigenvalue weighted by Gasteiger charge is -2.16. The van der Waals surface area contributed by atoms with Crippen LogP contribution >= 0.6 is 0 Å². The van der Waals surface area contributed by atoms with Crippen molar-refractivity contribution in [2.75, 3.05) is 6.61 Å². The van der Waals surface area contributed by atoms with Crippen LogP contribution < -0.4 is 5.73 Å². The Kier molecular flexibility index (Phi) is 14.6. The molecule has 0 bridgehead atoms. The van der Waals surface area contributed by atoms with Gasteiger partial charge in [0.25, 0.3) is 0 Å². The molecule has 1 aromatic heterocycles. The third kappa shape index (κ3) is 12.1. The number of carboxylic acid groups (broad SMARTS) is 2. The number of rotatable bonds is 8. The Bertz CT molecular complexity index is 623. The van der Waals surface area contributed by atoms with Crippen molar-refractivity contribution < 1.29 is 60.0 Å². The highest BCUT2D eigenvalue weighted by Gasteiger charge is 2.29. The number of amides is 1. The molecule has 1 aromatic rings. The number of aldehydes is 1. The Morgan fingerprint density at radius 2 is 1.52 bits per heavy atom. The zero-order valence-electron chi connectivity index (χ0n) is 14.7. The number of nitrogens with zero attached hydrogens (tertiary/aromatic N) is 1. The fourth-order valence-corrected chi connectivity index (χ4v) is 1.19. The number of pyridine rings is 1. The van der Waals surface area contributed by atoms with Crippen LogP contribution in [0.4, 0.5) is 0 Å². The van der Waals surface area contributed by atoms with Crippen LogP contribution in [0.15, 0.2) is 24.5 Å². The first kappa shape index (κ1) is 28.2. The summed E-state index contributed by atoms with van der Waals surface area (Å²) in [4.78, 5) is 43.4. The predicted octanol–water partition coefficient (Wildman–Crippen LogP) is -4.68. The van der Waals surface area contributed by atoms with E-state index in [1.54, 1.807) is 18.3 Å². The molecule has 0 aliphatic heterocycles. The minimum absolute atomic E-state index is 0.0869. The molecule has 0 radical (unpaired) electrons. The molecule has 0 saturated heterocycles. The molecule has 0 aliphatic rings. The summed E-state index contributed by atoms with van der Waals surface area (Å²) >= 11 is 0. The molecule has 5 unspecified atom stereocenters. The third-order valence-electron chi connectivity index (χ3n) is 2.82. The van der Waals surface area contributed by atoms with E-state index in [4.69, 9.17) is 46.6 Å². The number of nitrogens with two attached hydrogens (primary N) is 1. The van der Waals surface area contributed by atoms with Crippen LogP contribution in [0.5, 0.6) is 0 Å². The van der Waals surface area contributed by atoms with Crippen LogP contribution in [0.1, 0.15) is 10.4 Å². The fraction of sp³-hybridized carbons (Fsp3) is 0.400. The topological polar surface area (TPSA) is 269 Å². The summed E-state index contributed by atoms with van der Waals surface area (Å²) in [7, 11) is 0. The molecule has 0 aliphatic carbocycles. The maximum absolute atomic E-state index is 10.4. The molecule has 0 saturated carbocycles. The van der Waals surface area contributed by atoms with E-state index in [1.165, 1.54) is 6.20 Å². The van der Waals surface area contributed by atoms with Crippen LogP contribution in [-0.4, -0.2) is 107 Å². The van der Waals surface area contributed by atoms with Crippen molar-refractivity contribution in [2.45, 2.75) is 30.5 Å². The standard InChI is InChI=1S/C6H6N2O.C5H10O5.C4H6O6/c7-6(9)5-2-1-3-8-4-5;6-1-3(8)5(10)4(9)2-7;5-1(3(7)8)2(6)4(9)10/h1-4H,(H2,7,9);1,3-5,7-10H,2H2;1-2,5-6H,(H,7,8)(H,9,10). The van der Waals surface area contributed by atoms with Gasteiger partial charge in [0.2, 0.25) is 5.91 Å². The maximum Gasteiger partial charge on any atom is 0.335 e. The fourth-order valence-electron chi connectivity index (χ4n) is 1.19. The smallest absolute Gasteiger partial charge is 0.335 e. The summed E-state index contributed by atoms with van der Waals surface area (Å²) in [6.45, 7) is -0.688. The highest BCUT2D eigenvalue weighted by atomic mass is 16.4. The Morgan fingerprint density at radius 1 is 1.03 bits per heavy atom. The minimum atomic E-state index is -2.27. The monoisotopic (exact) mass is 422 g/mol. The van der Waals surface area contributed by atoms with E-state index < -0.39 is 55.0 Å². The first-order valence-electron chi connectivity index (χ1n) is 7.52.